The average Bonchev–Trinajstić information content (AvgIpc) is 2.38. The molecule has 1 atom stereocenters. The molecule has 0 aliphatic carbocycles. The fourth-order valence-corrected chi connectivity index (χ4v) is 2.21. The van der Waals surface area contributed by atoms with Gasteiger partial charge in [0.2, 0.25) is 0 Å². The molecule has 23 heavy (non-hydrogen) atoms. The van der Waals surface area contributed by atoms with Crippen LogP contribution in [0.25, 0.3) is 0 Å². The summed E-state index contributed by atoms with van der Waals surface area (Å²) in [6.07, 6.45) is -0.259. The average molecular weight is 337 g/mol. The number of benzene rings is 1. The van der Waals surface area contributed by atoms with Crippen LogP contribution in [-0.4, -0.2) is 30.3 Å². The van der Waals surface area contributed by atoms with E-state index in [1.54, 1.807) is 20.8 Å². The number of aliphatic hydroxyl groups excluding tert-OH is 1. The Kier molecular flexibility index (Phi) is 6.37. The van der Waals surface area contributed by atoms with Gasteiger partial charge in [0.05, 0.1) is 6.10 Å². The van der Waals surface area contributed by atoms with Crippen LogP contribution in [0.1, 0.15) is 37.6 Å². The van der Waals surface area contributed by atoms with Gasteiger partial charge in [-0.1, -0.05) is 13.8 Å². The van der Waals surface area contributed by atoms with E-state index in [9.17, 15) is 27.5 Å². The minimum Gasteiger partial charge on any atom is -0.432 e. The number of nitrogens with one attached hydrogen (secondary N) is 1. The summed E-state index contributed by atoms with van der Waals surface area (Å²) in [6, 6.07) is 1.36. The van der Waals surface area contributed by atoms with E-state index >= 15 is 0 Å². The van der Waals surface area contributed by atoms with Gasteiger partial charge in [-0.2, -0.15) is 8.78 Å². The van der Waals surface area contributed by atoms with Crippen LogP contribution in [0, 0.1) is 17.0 Å². The summed E-state index contributed by atoms with van der Waals surface area (Å²) >= 11 is 0. The zero-order valence-corrected chi connectivity index (χ0v) is 13.0. The highest BCUT2D eigenvalue weighted by atomic mass is 19.3. The number of halogens is 4. The normalized spacial score (nSPS) is 13.1. The number of aliphatic hydroxyl groups is 1. The van der Waals surface area contributed by atoms with Crippen molar-refractivity contribution in [2.75, 3.05) is 6.54 Å². The van der Waals surface area contributed by atoms with Crippen LogP contribution in [-0.2, 0) is 0 Å². The van der Waals surface area contributed by atoms with Gasteiger partial charge < -0.3 is 15.2 Å². The highest BCUT2D eigenvalue weighted by Crippen LogP contribution is 2.26. The second-order valence-electron chi connectivity index (χ2n) is 6.01. The van der Waals surface area contributed by atoms with Crippen LogP contribution in [0.15, 0.2) is 12.1 Å². The van der Waals surface area contributed by atoms with Gasteiger partial charge in [-0.15, -0.1) is 0 Å². The number of alkyl halides is 2. The lowest BCUT2D eigenvalue weighted by atomic mass is 9.87. The van der Waals surface area contributed by atoms with Crippen molar-refractivity contribution in [2.24, 2.45) is 5.41 Å². The van der Waals surface area contributed by atoms with Crippen LogP contribution in [0.2, 0.25) is 0 Å². The van der Waals surface area contributed by atoms with Gasteiger partial charge in [0.15, 0.2) is 11.6 Å². The number of hydrogen-bond donors (Lipinski definition) is 2. The molecule has 0 bridgehead atoms. The molecule has 0 spiro atoms. The highest BCUT2D eigenvalue weighted by molar-refractivity contribution is 5.95. The van der Waals surface area contributed by atoms with E-state index in [1.165, 1.54) is 0 Å². The molecule has 0 aliphatic heterocycles. The number of rotatable bonds is 7. The Morgan fingerprint density at radius 2 is 1.96 bits per heavy atom. The lowest BCUT2D eigenvalue weighted by molar-refractivity contribution is -0.0523. The molecule has 2 N–H and O–H groups in total. The fourth-order valence-electron chi connectivity index (χ4n) is 2.21. The second kappa shape index (κ2) is 7.63. The molecule has 1 amide bonds. The molecule has 4 nitrogen and oxygen atoms in total. The maximum absolute atomic E-state index is 14.0. The molecule has 0 saturated heterocycles. The molecule has 1 rings (SSSR count). The van der Waals surface area contributed by atoms with Crippen LogP contribution in [0.3, 0.4) is 0 Å². The van der Waals surface area contributed by atoms with Crippen LogP contribution >= 0.6 is 0 Å². The SMILES string of the molecule is CC(O)CC(C)(C)CNC(=O)c1c(F)ccc(OC(F)F)c1F. The largest absolute Gasteiger partial charge is 0.432 e. The third-order valence-corrected chi connectivity index (χ3v) is 3.07. The van der Waals surface area contributed by atoms with Crippen molar-refractivity contribution in [1.82, 2.24) is 5.32 Å². The molecule has 0 heterocycles. The van der Waals surface area contributed by atoms with E-state index < -0.39 is 47.0 Å². The van der Waals surface area contributed by atoms with Crippen molar-refractivity contribution in [3.63, 3.8) is 0 Å². The Balaban J connectivity index is 2.91. The van der Waals surface area contributed by atoms with Crippen molar-refractivity contribution >= 4 is 5.91 Å². The van der Waals surface area contributed by atoms with Crippen molar-refractivity contribution < 1.29 is 32.2 Å². The summed E-state index contributed by atoms with van der Waals surface area (Å²) in [4.78, 5) is 12.0. The van der Waals surface area contributed by atoms with Gasteiger partial charge in [-0.05, 0) is 30.9 Å². The quantitative estimate of drug-likeness (QED) is 0.752. The molecule has 0 aromatic heterocycles. The zero-order valence-electron chi connectivity index (χ0n) is 13.0. The minimum absolute atomic E-state index is 0.0372. The summed E-state index contributed by atoms with van der Waals surface area (Å²) in [5.74, 6) is -4.67. The van der Waals surface area contributed by atoms with Gasteiger partial charge in [-0.25, -0.2) is 8.78 Å². The second-order valence-corrected chi connectivity index (χ2v) is 6.01. The smallest absolute Gasteiger partial charge is 0.387 e. The molecule has 8 heteroatoms. The maximum atomic E-state index is 14.0. The molecule has 0 saturated carbocycles. The van der Waals surface area contributed by atoms with Crippen molar-refractivity contribution in [2.45, 2.75) is 39.9 Å². The van der Waals surface area contributed by atoms with Gasteiger partial charge in [-0.3, -0.25) is 4.79 Å². The monoisotopic (exact) mass is 337 g/mol. The standard InChI is InChI=1S/C15H19F4NO3/c1-8(21)6-15(2,3)7-20-13(22)11-9(16)4-5-10(12(11)17)23-14(18)19/h4-5,8,14,21H,6-7H2,1-3H3,(H,20,22). The predicted octanol–water partition coefficient (Wildman–Crippen LogP) is 3.09. The van der Waals surface area contributed by atoms with Crippen LogP contribution < -0.4 is 10.1 Å². The fraction of sp³-hybridized carbons (Fsp3) is 0.533. The Morgan fingerprint density at radius 1 is 1.35 bits per heavy atom. The Labute approximate surface area is 131 Å². The topological polar surface area (TPSA) is 58.6 Å². The van der Waals surface area contributed by atoms with Crippen molar-refractivity contribution in [1.29, 1.82) is 0 Å². The number of hydrogen-bond acceptors (Lipinski definition) is 3. The molecular weight excluding hydrogens is 318 g/mol. The minimum atomic E-state index is -3.30. The van der Waals surface area contributed by atoms with Gasteiger partial charge in [0.25, 0.3) is 5.91 Å². The first-order chi connectivity index (χ1) is 10.5. The van der Waals surface area contributed by atoms with E-state index in [0.29, 0.717) is 18.6 Å². The lowest BCUT2D eigenvalue weighted by Crippen LogP contribution is -2.36. The number of ether oxygens (including phenoxy) is 1. The van der Waals surface area contributed by atoms with Crippen molar-refractivity contribution in [3.8, 4) is 5.75 Å². The van der Waals surface area contributed by atoms with E-state index in [0.717, 1.165) is 0 Å². The lowest BCUT2D eigenvalue weighted by Gasteiger charge is -2.26. The third-order valence-electron chi connectivity index (χ3n) is 3.07. The van der Waals surface area contributed by atoms with Crippen LogP contribution in [0.5, 0.6) is 5.75 Å². The zero-order chi connectivity index (χ0) is 17.8. The molecule has 0 aliphatic rings. The highest BCUT2D eigenvalue weighted by Gasteiger charge is 2.26. The van der Waals surface area contributed by atoms with E-state index in [4.69, 9.17) is 0 Å². The molecule has 1 unspecified atom stereocenters. The number of carbonyl (C=O) groups is 1. The molecule has 0 radical (unpaired) electrons. The van der Waals surface area contributed by atoms with Gasteiger partial charge >= 0.3 is 6.61 Å². The Morgan fingerprint density at radius 3 is 2.48 bits per heavy atom. The number of carbonyl (C=O) groups excluding carboxylic acids is 1. The first kappa shape index (κ1) is 19.2. The van der Waals surface area contributed by atoms with Crippen molar-refractivity contribution in [3.05, 3.63) is 29.3 Å². The summed E-state index contributed by atoms with van der Waals surface area (Å²) in [6.45, 7) is 1.83. The molecular formula is C15H19F4NO3. The summed E-state index contributed by atoms with van der Waals surface area (Å²) in [5, 5.41) is 11.7. The Hall–Kier alpha value is -1.83. The first-order valence-corrected chi connectivity index (χ1v) is 6.92. The summed E-state index contributed by atoms with van der Waals surface area (Å²) < 4.78 is 55.8. The summed E-state index contributed by atoms with van der Waals surface area (Å²) in [5.41, 5.74) is -1.51. The molecule has 0 fully saturated rings. The van der Waals surface area contributed by atoms with Gasteiger partial charge in [0.1, 0.15) is 11.4 Å². The Bertz CT molecular complexity index is 562. The van der Waals surface area contributed by atoms with E-state index in [1.807, 2.05) is 0 Å². The molecule has 130 valence electrons. The van der Waals surface area contributed by atoms with Crippen LogP contribution in [0.4, 0.5) is 17.6 Å². The maximum Gasteiger partial charge on any atom is 0.387 e. The van der Waals surface area contributed by atoms with E-state index in [2.05, 4.69) is 10.1 Å². The third kappa shape index (κ3) is 5.70. The number of amides is 1. The molecule has 1 aromatic carbocycles. The first-order valence-electron chi connectivity index (χ1n) is 6.92. The van der Waals surface area contributed by atoms with E-state index in [-0.39, 0.29) is 6.54 Å². The predicted molar refractivity (Wildman–Crippen MR) is 75.4 cm³/mol. The molecule has 1 aromatic rings. The van der Waals surface area contributed by atoms with Gasteiger partial charge in [0, 0.05) is 6.54 Å². The summed E-state index contributed by atoms with van der Waals surface area (Å²) in [7, 11) is 0.